The van der Waals surface area contributed by atoms with Gasteiger partial charge in [-0.15, -0.1) is 0 Å². The molecule has 0 atom stereocenters. The lowest BCUT2D eigenvalue weighted by atomic mass is 9.89. The summed E-state index contributed by atoms with van der Waals surface area (Å²) in [7, 11) is 0. The first-order valence-corrected chi connectivity index (χ1v) is 10.1. The molecule has 1 aromatic carbocycles. The summed E-state index contributed by atoms with van der Waals surface area (Å²) in [6.45, 7) is 0.368. The summed E-state index contributed by atoms with van der Waals surface area (Å²) in [5.41, 5.74) is 1.81. The third kappa shape index (κ3) is 6.73. The fourth-order valence-electron chi connectivity index (χ4n) is 2.92. The van der Waals surface area contributed by atoms with E-state index in [0.717, 1.165) is 41.9 Å². The van der Waals surface area contributed by atoms with Gasteiger partial charge in [0.1, 0.15) is 23.5 Å². The van der Waals surface area contributed by atoms with Crippen LogP contribution in [0.5, 0.6) is 11.8 Å². The summed E-state index contributed by atoms with van der Waals surface area (Å²) in [6.07, 6.45) is 0.871. The summed E-state index contributed by atoms with van der Waals surface area (Å²) in [5.74, 6) is 0.735. The van der Waals surface area contributed by atoms with Crippen molar-refractivity contribution in [2.75, 3.05) is 19.8 Å². The van der Waals surface area contributed by atoms with Crippen LogP contribution in [0.1, 0.15) is 29.5 Å². The number of halogens is 5. The molecule has 0 saturated heterocycles. The van der Waals surface area contributed by atoms with E-state index in [0.29, 0.717) is 12.4 Å². The molecule has 1 aromatic heterocycles. The number of hydrogen-bond donors (Lipinski definition) is 0. The average molecular weight is 476 g/mol. The molecule has 11 heteroatoms. The minimum absolute atomic E-state index is 0.0314. The summed E-state index contributed by atoms with van der Waals surface area (Å²) < 4.78 is 48.6. The zero-order valence-electron chi connectivity index (χ0n) is 16.2. The van der Waals surface area contributed by atoms with Gasteiger partial charge in [0.25, 0.3) is 0 Å². The average Bonchev–Trinajstić information content (AvgIpc) is 2.73. The molecule has 1 aliphatic carbocycles. The van der Waals surface area contributed by atoms with E-state index in [4.69, 9.17) is 37.5 Å². The summed E-state index contributed by atoms with van der Waals surface area (Å²) in [6, 6.07) is 5.52. The molecule has 0 unspecified atom stereocenters. The van der Waals surface area contributed by atoms with Gasteiger partial charge in [0.05, 0.1) is 11.3 Å². The number of alkyl halides is 3. The van der Waals surface area contributed by atoms with Crippen molar-refractivity contribution in [3.8, 4) is 11.8 Å². The normalized spacial score (nSPS) is 14.7. The SMILES string of the molecule is FC(F)(F)c1cnc(OCCO/N=C2\CCCc3c(OCC=C(Cl)Cl)cccc32)nc1. The highest BCUT2D eigenvalue weighted by atomic mass is 35.5. The van der Waals surface area contributed by atoms with Crippen molar-refractivity contribution in [2.24, 2.45) is 5.16 Å². The molecule has 0 aliphatic heterocycles. The maximum absolute atomic E-state index is 12.5. The predicted octanol–water partition coefficient (Wildman–Crippen LogP) is 5.33. The van der Waals surface area contributed by atoms with Crippen LogP contribution in [-0.2, 0) is 17.4 Å². The second-order valence-electron chi connectivity index (χ2n) is 6.41. The van der Waals surface area contributed by atoms with Crippen molar-refractivity contribution < 1.29 is 27.5 Å². The van der Waals surface area contributed by atoms with Crippen LogP contribution in [0.4, 0.5) is 13.2 Å². The van der Waals surface area contributed by atoms with Crippen molar-refractivity contribution in [3.05, 3.63) is 57.9 Å². The van der Waals surface area contributed by atoms with E-state index >= 15 is 0 Å². The number of nitrogens with zero attached hydrogens (tertiary/aromatic N) is 3. The van der Waals surface area contributed by atoms with Crippen molar-refractivity contribution >= 4 is 28.9 Å². The Kier molecular flexibility index (Phi) is 7.97. The number of rotatable bonds is 8. The number of oxime groups is 1. The van der Waals surface area contributed by atoms with Gasteiger partial charge in [0.2, 0.25) is 0 Å². The molecule has 0 radical (unpaired) electrons. The highest BCUT2D eigenvalue weighted by Crippen LogP contribution is 2.30. The van der Waals surface area contributed by atoms with E-state index in [1.165, 1.54) is 0 Å². The minimum Gasteiger partial charge on any atom is -0.489 e. The van der Waals surface area contributed by atoms with Gasteiger partial charge in [0.15, 0.2) is 6.61 Å². The standard InChI is InChI=1S/C20H18Cl2F3N3O3/c21-18(22)7-8-29-17-6-2-3-14-15(17)4-1-5-16(14)28-31-10-9-30-19-26-11-13(12-27-19)20(23,24)25/h2-3,6-7,11-12H,1,4-5,8-10H2/b28-16+. The molecular weight excluding hydrogens is 458 g/mol. The predicted molar refractivity (Wildman–Crippen MR) is 110 cm³/mol. The summed E-state index contributed by atoms with van der Waals surface area (Å²) in [4.78, 5) is 12.4. The van der Waals surface area contributed by atoms with Crippen LogP contribution in [-0.4, -0.2) is 35.5 Å². The zero-order valence-corrected chi connectivity index (χ0v) is 17.7. The van der Waals surface area contributed by atoms with E-state index < -0.39 is 11.7 Å². The van der Waals surface area contributed by atoms with Crippen molar-refractivity contribution in [2.45, 2.75) is 25.4 Å². The molecule has 0 amide bonds. The Bertz CT molecular complexity index is 947. The lowest BCUT2D eigenvalue weighted by molar-refractivity contribution is -0.138. The van der Waals surface area contributed by atoms with Gasteiger partial charge in [-0.1, -0.05) is 40.5 Å². The first kappa shape index (κ1) is 23.1. The third-order valence-electron chi connectivity index (χ3n) is 4.30. The van der Waals surface area contributed by atoms with E-state index in [-0.39, 0.29) is 30.3 Å². The second-order valence-corrected chi connectivity index (χ2v) is 7.42. The fraction of sp³-hybridized carbons (Fsp3) is 0.350. The van der Waals surface area contributed by atoms with Crippen molar-refractivity contribution in [3.63, 3.8) is 0 Å². The Morgan fingerprint density at radius 1 is 1.10 bits per heavy atom. The van der Waals surface area contributed by atoms with Gasteiger partial charge in [-0.2, -0.15) is 13.2 Å². The van der Waals surface area contributed by atoms with Gasteiger partial charge in [-0.3, -0.25) is 0 Å². The quantitative estimate of drug-likeness (QED) is 0.381. The Labute approximate surface area is 186 Å². The van der Waals surface area contributed by atoms with Crippen molar-refractivity contribution in [1.29, 1.82) is 0 Å². The molecule has 1 heterocycles. The first-order valence-electron chi connectivity index (χ1n) is 9.31. The van der Waals surface area contributed by atoms with Crippen LogP contribution in [0.3, 0.4) is 0 Å². The first-order chi connectivity index (χ1) is 14.8. The number of ether oxygens (including phenoxy) is 2. The fourth-order valence-corrected chi connectivity index (χ4v) is 3.04. The Morgan fingerprint density at radius 2 is 1.87 bits per heavy atom. The van der Waals surface area contributed by atoms with Gasteiger partial charge >= 0.3 is 12.2 Å². The monoisotopic (exact) mass is 475 g/mol. The smallest absolute Gasteiger partial charge is 0.419 e. The lowest BCUT2D eigenvalue weighted by Crippen LogP contribution is -2.15. The summed E-state index contributed by atoms with van der Waals surface area (Å²) in [5, 5.41) is 4.19. The molecule has 31 heavy (non-hydrogen) atoms. The molecule has 0 bridgehead atoms. The van der Waals surface area contributed by atoms with Crippen LogP contribution in [0.25, 0.3) is 0 Å². The molecule has 3 rings (SSSR count). The molecule has 2 aromatic rings. The van der Waals surface area contributed by atoms with Gasteiger partial charge in [0, 0.05) is 23.5 Å². The van der Waals surface area contributed by atoms with E-state index in [1.54, 1.807) is 6.08 Å². The van der Waals surface area contributed by atoms with Gasteiger partial charge in [-0.25, -0.2) is 9.97 Å². The van der Waals surface area contributed by atoms with Crippen LogP contribution in [0.15, 0.2) is 46.3 Å². The number of aromatic nitrogens is 2. The molecular formula is C20H18Cl2F3N3O3. The van der Waals surface area contributed by atoms with Crippen LogP contribution < -0.4 is 9.47 Å². The zero-order chi connectivity index (χ0) is 22.3. The lowest BCUT2D eigenvalue weighted by Gasteiger charge is -2.20. The highest BCUT2D eigenvalue weighted by Gasteiger charge is 2.31. The number of fused-ring (bicyclic) bond motifs is 1. The molecule has 166 valence electrons. The highest BCUT2D eigenvalue weighted by molar-refractivity contribution is 6.55. The third-order valence-corrected chi connectivity index (χ3v) is 4.61. The second kappa shape index (κ2) is 10.7. The van der Waals surface area contributed by atoms with Crippen molar-refractivity contribution in [1.82, 2.24) is 9.97 Å². The molecule has 0 spiro atoms. The van der Waals surface area contributed by atoms with Crippen LogP contribution in [0, 0.1) is 0 Å². The maximum atomic E-state index is 12.5. The van der Waals surface area contributed by atoms with Crippen LogP contribution in [0.2, 0.25) is 0 Å². The maximum Gasteiger partial charge on any atom is 0.419 e. The van der Waals surface area contributed by atoms with Gasteiger partial charge < -0.3 is 14.3 Å². The molecule has 6 nitrogen and oxygen atoms in total. The van der Waals surface area contributed by atoms with Crippen LogP contribution >= 0.6 is 23.2 Å². The molecule has 1 aliphatic rings. The Balaban J connectivity index is 1.54. The summed E-state index contributed by atoms with van der Waals surface area (Å²) >= 11 is 11.2. The Hall–Kier alpha value is -2.52. The molecule has 0 N–H and O–H groups in total. The van der Waals surface area contributed by atoms with E-state index in [9.17, 15) is 13.2 Å². The topological polar surface area (TPSA) is 65.8 Å². The minimum atomic E-state index is -4.49. The molecule has 0 saturated carbocycles. The largest absolute Gasteiger partial charge is 0.489 e. The van der Waals surface area contributed by atoms with Gasteiger partial charge in [-0.05, 0) is 31.4 Å². The Morgan fingerprint density at radius 3 is 2.58 bits per heavy atom. The number of benzene rings is 1. The molecule has 0 fully saturated rings. The van der Waals surface area contributed by atoms with E-state index in [1.807, 2.05) is 18.2 Å². The van der Waals surface area contributed by atoms with E-state index in [2.05, 4.69) is 15.1 Å². The number of hydrogen-bond acceptors (Lipinski definition) is 6.